The molecule has 1 rings (SSSR count). The number of carboxylic acid groups (broad SMARTS) is 1. The molecule has 0 radical (unpaired) electrons. The van der Waals surface area contributed by atoms with Crippen molar-refractivity contribution in [3.05, 3.63) is 30.1 Å². The number of carbonyl (C=O) groups excluding carboxylic acids is 4. The quantitative estimate of drug-likeness (QED) is 0.357. The summed E-state index contributed by atoms with van der Waals surface area (Å²) < 4.78 is 0. The van der Waals surface area contributed by atoms with E-state index in [0.29, 0.717) is 0 Å². The number of hydrogen-bond donors (Lipinski definition) is 4. The molecule has 0 saturated carbocycles. The fourth-order valence-corrected chi connectivity index (χ4v) is 2.16. The van der Waals surface area contributed by atoms with Crippen molar-refractivity contribution in [2.24, 2.45) is 5.73 Å². The van der Waals surface area contributed by atoms with Gasteiger partial charge in [-0.25, -0.2) is 4.79 Å². The maximum absolute atomic E-state index is 12.1. The van der Waals surface area contributed by atoms with Crippen molar-refractivity contribution in [2.45, 2.75) is 31.8 Å². The minimum absolute atomic E-state index is 0.0930. The molecule has 0 aliphatic rings. The van der Waals surface area contributed by atoms with Crippen LogP contribution < -0.4 is 16.4 Å². The highest BCUT2D eigenvalue weighted by molar-refractivity contribution is 5.93. The summed E-state index contributed by atoms with van der Waals surface area (Å²) in [7, 11) is 1.45. The van der Waals surface area contributed by atoms with Gasteiger partial charge in [0.1, 0.15) is 12.1 Å². The first-order valence-electron chi connectivity index (χ1n) is 8.33. The number of nitrogens with one attached hydrogen (secondary N) is 2. The molecular formula is C17H23N5O6. The Morgan fingerprint density at radius 1 is 1.18 bits per heavy atom. The van der Waals surface area contributed by atoms with E-state index in [9.17, 15) is 24.0 Å². The molecule has 0 aromatic carbocycles. The Balaban J connectivity index is 2.51. The van der Waals surface area contributed by atoms with Gasteiger partial charge in [-0.3, -0.25) is 24.2 Å². The molecule has 4 amide bonds. The summed E-state index contributed by atoms with van der Waals surface area (Å²) in [5.41, 5.74) is 5.68. The van der Waals surface area contributed by atoms with Crippen LogP contribution in [0.15, 0.2) is 24.5 Å². The van der Waals surface area contributed by atoms with E-state index >= 15 is 0 Å². The Bertz CT molecular complexity index is 739. The number of nitrogens with zero attached hydrogens (tertiary/aromatic N) is 2. The van der Waals surface area contributed by atoms with Gasteiger partial charge in [0.2, 0.25) is 23.6 Å². The van der Waals surface area contributed by atoms with Crippen molar-refractivity contribution in [1.29, 1.82) is 0 Å². The molecule has 5 N–H and O–H groups in total. The zero-order valence-electron chi connectivity index (χ0n) is 15.5. The van der Waals surface area contributed by atoms with Crippen molar-refractivity contribution < 1.29 is 29.1 Å². The van der Waals surface area contributed by atoms with Crippen LogP contribution in [0, 0.1) is 0 Å². The van der Waals surface area contributed by atoms with Gasteiger partial charge in [0.25, 0.3) is 0 Å². The highest BCUT2D eigenvalue weighted by atomic mass is 16.4. The molecular weight excluding hydrogens is 370 g/mol. The number of aromatic nitrogens is 1. The second-order valence-corrected chi connectivity index (χ2v) is 6.14. The van der Waals surface area contributed by atoms with Gasteiger partial charge < -0.3 is 26.4 Å². The third kappa shape index (κ3) is 7.81. The van der Waals surface area contributed by atoms with Crippen LogP contribution in [-0.4, -0.2) is 70.3 Å². The van der Waals surface area contributed by atoms with Crippen LogP contribution in [0.2, 0.25) is 0 Å². The topological polar surface area (TPSA) is 172 Å². The van der Waals surface area contributed by atoms with Gasteiger partial charge in [0.15, 0.2) is 0 Å². The highest BCUT2D eigenvalue weighted by Gasteiger charge is 2.25. The lowest BCUT2D eigenvalue weighted by molar-refractivity contribution is -0.143. The molecule has 0 fully saturated rings. The van der Waals surface area contributed by atoms with Crippen LogP contribution >= 0.6 is 0 Å². The van der Waals surface area contributed by atoms with Crippen LogP contribution in [0.4, 0.5) is 0 Å². The maximum Gasteiger partial charge on any atom is 0.326 e. The Kier molecular flexibility index (Phi) is 8.53. The smallest absolute Gasteiger partial charge is 0.326 e. The van der Waals surface area contributed by atoms with E-state index in [-0.39, 0.29) is 18.9 Å². The summed E-state index contributed by atoms with van der Waals surface area (Å²) >= 11 is 0. The van der Waals surface area contributed by atoms with E-state index < -0.39 is 42.2 Å². The first kappa shape index (κ1) is 22.5. The lowest BCUT2D eigenvalue weighted by Crippen LogP contribution is -2.52. The SMILES string of the molecule is CC(NC(=O)CN(C)C(=O)Cc1ccncc1)C(=O)N[C@@H](CC(N)=O)C(=O)O. The zero-order chi connectivity index (χ0) is 21.3. The molecule has 1 unspecified atom stereocenters. The molecule has 11 nitrogen and oxygen atoms in total. The number of primary amides is 1. The van der Waals surface area contributed by atoms with Crippen molar-refractivity contribution in [2.75, 3.05) is 13.6 Å². The normalized spacial score (nSPS) is 12.4. The van der Waals surface area contributed by atoms with E-state index in [1.165, 1.54) is 18.9 Å². The van der Waals surface area contributed by atoms with Gasteiger partial charge >= 0.3 is 5.97 Å². The van der Waals surface area contributed by atoms with Crippen LogP contribution in [0.3, 0.4) is 0 Å². The monoisotopic (exact) mass is 393 g/mol. The third-order valence-electron chi connectivity index (χ3n) is 3.70. The van der Waals surface area contributed by atoms with Crippen LogP contribution in [-0.2, 0) is 30.4 Å². The number of carbonyl (C=O) groups is 5. The number of nitrogens with two attached hydrogens (primary N) is 1. The molecule has 1 heterocycles. The predicted molar refractivity (Wildman–Crippen MR) is 96.6 cm³/mol. The molecule has 0 aliphatic carbocycles. The van der Waals surface area contributed by atoms with E-state index in [1.54, 1.807) is 24.5 Å². The molecule has 0 saturated heterocycles. The van der Waals surface area contributed by atoms with Crippen LogP contribution in [0.5, 0.6) is 0 Å². The second-order valence-electron chi connectivity index (χ2n) is 6.14. The van der Waals surface area contributed by atoms with E-state index in [4.69, 9.17) is 10.8 Å². The molecule has 0 spiro atoms. The van der Waals surface area contributed by atoms with Crippen molar-refractivity contribution in [3.63, 3.8) is 0 Å². The van der Waals surface area contributed by atoms with Crippen LogP contribution in [0.1, 0.15) is 18.9 Å². The van der Waals surface area contributed by atoms with E-state index in [0.717, 1.165) is 5.56 Å². The van der Waals surface area contributed by atoms with Crippen molar-refractivity contribution in [3.8, 4) is 0 Å². The summed E-state index contributed by atoms with van der Waals surface area (Å²) in [6.45, 7) is 1.06. The van der Waals surface area contributed by atoms with Gasteiger partial charge in [-0.15, -0.1) is 0 Å². The van der Waals surface area contributed by atoms with Crippen LogP contribution in [0.25, 0.3) is 0 Å². The van der Waals surface area contributed by atoms with Gasteiger partial charge in [-0.2, -0.15) is 0 Å². The number of amides is 4. The number of likely N-dealkylation sites (N-methyl/N-ethyl adjacent to an activating group) is 1. The Morgan fingerprint density at radius 2 is 1.79 bits per heavy atom. The molecule has 1 aromatic rings. The summed E-state index contributed by atoms with van der Waals surface area (Å²) in [6, 6.07) is 0.798. The Hall–Kier alpha value is -3.50. The number of pyridine rings is 1. The average molecular weight is 393 g/mol. The number of aliphatic carboxylic acids is 1. The largest absolute Gasteiger partial charge is 0.480 e. The first-order chi connectivity index (χ1) is 13.1. The van der Waals surface area contributed by atoms with Gasteiger partial charge in [0, 0.05) is 19.4 Å². The molecule has 0 aliphatic heterocycles. The van der Waals surface area contributed by atoms with E-state index in [2.05, 4.69) is 15.6 Å². The van der Waals surface area contributed by atoms with Gasteiger partial charge in [-0.05, 0) is 24.6 Å². The molecule has 28 heavy (non-hydrogen) atoms. The number of carboxylic acids is 1. The zero-order valence-corrected chi connectivity index (χ0v) is 15.5. The first-order valence-corrected chi connectivity index (χ1v) is 8.33. The number of hydrogen-bond acceptors (Lipinski definition) is 6. The van der Waals surface area contributed by atoms with Crippen molar-refractivity contribution >= 4 is 29.6 Å². The molecule has 11 heteroatoms. The Morgan fingerprint density at radius 3 is 2.32 bits per heavy atom. The summed E-state index contributed by atoms with van der Waals surface area (Å²) in [4.78, 5) is 63.1. The molecule has 2 atom stereocenters. The highest BCUT2D eigenvalue weighted by Crippen LogP contribution is 2.00. The fraction of sp³-hybridized carbons (Fsp3) is 0.412. The van der Waals surface area contributed by atoms with E-state index in [1.807, 2.05) is 0 Å². The summed E-state index contributed by atoms with van der Waals surface area (Å²) in [5.74, 6) is -4.01. The molecule has 0 bridgehead atoms. The third-order valence-corrected chi connectivity index (χ3v) is 3.70. The fourth-order valence-electron chi connectivity index (χ4n) is 2.16. The summed E-state index contributed by atoms with van der Waals surface area (Å²) in [6.07, 6.45) is 2.63. The second kappa shape index (κ2) is 10.6. The maximum atomic E-state index is 12.1. The van der Waals surface area contributed by atoms with Gasteiger partial charge in [-0.1, -0.05) is 0 Å². The van der Waals surface area contributed by atoms with Crippen molar-refractivity contribution in [1.82, 2.24) is 20.5 Å². The summed E-state index contributed by atoms with van der Waals surface area (Å²) in [5, 5.41) is 13.5. The minimum Gasteiger partial charge on any atom is -0.480 e. The lowest BCUT2D eigenvalue weighted by atomic mass is 10.2. The predicted octanol–water partition coefficient (Wildman–Crippen LogP) is -1.97. The average Bonchev–Trinajstić information content (AvgIpc) is 2.61. The standard InChI is InChI=1S/C17H23N5O6/c1-10(16(26)21-12(17(27)28)8-13(18)23)20-14(24)9-22(2)15(25)7-11-3-5-19-6-4-11/h3-6,10,12H,7-9H2,1-2H3,(H2,18,23)(H,20,24)(H,21,26)(H,27,28)/t10?,12-/m0/s1. The molecule has 152 valence electrons. The number of rotatable bonds is 10. The lowest BCUT2D eigenvalue weighted by Gasteiger charge is -2.20. The Labute approximate surface area is 161 Å². The molecule has 1 aromatic heterocycles. The minimum atomic E-state index is -1.49. The van der Waals surface area contributed by atoms with Gasteiger partial charge in [0.05, 0.1) is 19.4 Å².